The molecule has 0 amide bonds. The number of halogens is 3. The Balaban J connectivity index is 1.93. The number of rotatable bonds is 3. The van der Waals surface area contributed by atoms with Gasteiger partial charge in [0.15, 0.2) is 0 Å². The summed E-state index contributed by atoms with van der Waals surface area (Å²) in [5, 5.41) is 7.47. The van der Waals surface area contributed by atoms with Crippen molar-refractivity contribution in [3.8, 4) is 22.6 Å². The van der Waals surface area contributed by atoms with Gasteiger partial charge < -0.3 is 9.30 Å². The molecule has 4 aromatic rings. The number of hydrogen-bond donors (Lipinski definition) is 1. The lowest BCUT2D eigenvalue weighted by Gasteiger charge is -2.15. The normalized spacial score (nSPS) is 11.9. The summed E-state index contributed by atoms with van der Waals surface area (Å²) in [6.45, 7) is 1.62. The summed E-state index contributed by atoms with van der Waals surface area (Å²) in [5.41, 5.74) is 2.71. The van der Waals surface area contributed by atoms with Gasteiger partial charge in [-0.15, -0.1) is 13.2 Å². The van der Waals surface area contributed by atoms with E-state index in [-0.39, 0.29) is 11.3 Å². The molecule has 1 aromatic carbocycles. The van der Waals surface area contributed by atoms with Crippen LogP contribution in [0.2, 0.25) is 0 Å². The molecule has 0 aliphatic rings. The van der Waals surface area contributed by atoms with Crippen LogP contribution in [-0.2, 0) is 7.05 Å². The van der Waals surface area contributed by atoms with Crippen molar-refractivity contribution >= 4 is 10.9 Å². The van der Waals surface area contributed by atoms with Crippen LogP contribution in [0.1, 0.15) is 5.56 Å². The molecule has 144 valence electrons. The van der Waals surface area contributed by atoms with Gasteiger partial charge in [0.1, 0.15) is 11.3 Å². The van der Waals surface area contributed by atoms with Gasteiger partial charge >= 0.3 is 6.36 Å². The Bertz CT molecular complexity index is 1220. The first kappa shape index (κ1) is 17.9. The molecule has 0 bridgehead atoms. The molecule has 9 heteroatoms. The molecule has 3 aromatic heterocycles. The summed E-state index contributed by atoms with van der Waals surface area (Å²) in [7, 11) is 1.76. The number of H-pyrrole nitrogens is 1. The molecule has 0 fully saturated rings. The summed E-state index contributed by atoms with van der Waals surface area (Å²) in [5.74, 6) is -0.336. The highest BCUT2D eigenvalue weighted by molar-refractivity contribution is 5.94. The standard InChI is InChI=1S/C19H15F3N4O2/c1-11-7-13(28-19(20,21)22)3-4-16(11)26-10-15(12-8-23-24-9-12)14-5-6-25(2)17(14)18(26)27/h3-10H,1-2H3,(H,23,24). The molecule has 1 N–H and O–H groups in total. The van der Waals surface area contributed by atoms with Gasteiger partial charge in [0.25, 0.3) is 5.56 Å². The topological polar surface area (TPSA) is 64.8 Å². The largest absolute Gasteiger partial charge is 0.573 e. The van der Waals surface area contributed by atoms with Gasteiger partial charge in [0, 0.05) is 42.2 Å². The van der Waals surface area contributed by atoms with E-state index >= 15 is 0 Å². The minimum absolute atomic E-state index is 0.276. The van der Waals surface area contributed by atoms with Crippen LogP contribution in [0.3, 0.4) is 0 Å². The Morgan fingerprint density at radius 1 is 1.21 bits per heavy atom. The predicted octanol–water partition coefficient (Wildman–Crippen LogP) is 3.93. The third kappa shape index (κ3) is 3.04. The Morgan fingerprint density at radius 2 is 2.00 bits per heavy atom. The second-order valence-corrected chi connectivity index (χ2v) is 6.39. The molecular weight excluding hydrogens is 373 g/mol. The van der Waals surface area contributed by atoms with Crippen LogP contribution in [0.4, 0.5) is 13.2 Å². The van der Waals surface area contributed by atoms with Crippen LogP contribution in [0, 0.1) is 6.92 Å². The van der Waals surface area contributed by atoms with E-state index in [1.165, 1.54) is 22.8 Å². The number of alkyl halides is 3. The highest BCUT2D eigenvalue weighted by atomic mass is 19.4. The van der Waals surface area contributed by atoms with Gasteiger partial charge in [-0.3, -0.25) is 14.5 Å². The fraction of sp³-hybridized carbons (Fsp3) is 0.158. The lowest BCUT2D eigenvalue weighted by atomic mass is 10.1. The van der Waals surface area contributed by atoms with E-state index in [2.05, 4.69) is 14.9 Å². The highest BCUT2D eigenvalue weighted by Crippen LogP contribution is 2.30. The van der Waals surface area contributed by atoms with Gasteiger partial charge in [-0.25, -0.2) is 0 Å². The summed E-state index contributed by atoms with van der Waals surface area (Å²) in [6, 6.07) is 5.72. The second-order valence-electron chi connectivity index (χ2n) is 6.39. The van der Waals surface area contributed by atoms with E-state index in [0.717, 1.165) is 16.5 Å². The van der Waals surface area contributed by atoms with Crippen LogP contribution >= 0.6 is 0 Å². The van der Waals surface area contributed by atoms with E-state index in [0.29, 0.717) is 16.8 Å². The van der Waals surface area contributed by atoms with Crippen LogP contribution in [0.25, 0.3) is 27.7 Å². The molecule has 6 nitrogen and oxygen atoms in total. The van der Waals surface area contributed by atoms with Crippen LogP contribution in [0.15, 0.2) is 53.8 Å². The number of aryl methyl sites for hydroxylation is 2. The first-order valence-electron chi connectivity index (χ1n) is 8.31. The number of aromatic amines is 1. The summed E-state index contributed by atoms with van der Waals surface area (Å²) >= 11 is 0. The number of benzene rings is 1. The fourth-order valence-electron chi connectivity index (χ4n) is 3.29. The van der Waals surface area contributed by atoms with Crippen molar-refractivity contribution < 1.29 is 17.9 Å². The molecule has 0 radical (unpaired) electrons. The van der Waals surface area contributed by atoms with E-state index < -0.39 is 6.36 Å². The average Bonchev–Trinajstić information content (AvgIpc) is 3.25. The third-order valence-electron chi connectivity index (χ3n) is 4.51. The van der Waals surface area contributed by atoms with E-state index in [4.69, 9.17) is 0 Å². The Labute approximate surface area is 156 Å². The van der Waals surface area contributed by atoms with Gasteiger partial charge in [0.2, 0.25) is 0 Å². The fourth-order valence-corrected chi connectivity index (χ4v) is 3.29. The zero-order valence-electron chi connectivity index (χ0n) is 14.9. The number of ether oxygens (including phenoxy) is 1. The predicted molar refractivity (Wildman–Crippen MR) is 97.5 cm³/mol. The molecule has 0 aliphatic carbocycles. The van der Waals surface area contributed by atoms with Gasteiger partial charge in [-0.2, -0.15) is 5.10 Å². The molecule has 3 heterocycles. The first-order chi connectivity index (χ1) is 13.2. The molecule has 0 unspecified atom stereocenters. The highest BCUT2D eigenvalue weighted by Gasteiger charge is 2.31. The monoisotopic (exact) mass is 388 g/mol. The molecular formula is C19H15F3N4O2. The number of fused-ring (bicyclic) bond motifs is 1. The molecule has 0 spiro atoms. The Hall–Kier alpha value is -3.49. The number of nitrogens with zero attached hydrogens (tertiary/aromatic N) is 3. The minimum Gasteiger partial charge on any atom is -0.406 e. The quantitative estimate of drug-likeness (QED) is 0.579. The molecule has 4 rings (SSSR count). The maximum atomic E-state index is 13.1. The summed E-state index contributed by atoms with van der Waals surface area (Å²) in [4.78, 5) is 13.1. The molecule has 0 aliphatic heterocycles. The Kier molecular flexibility index (Phi) is 4.02. The van der Waals surface area contributed by atoms with E-state index in [1.54, 1.807) is 43.3 Å². The van der Waals surface area contributed by atoms with Gasteiger partial charge in [-0.05, 0) is 36.8 Å². The number of nitrogens with one attached hydrogen (secondary N) is 1. The molecule has 0 saturated carbocycles. The zero-order chi connectivity index (χ0) is 20.1. The maximum absolute atomic E-state index is 13.1. The lowest BCUT2D eigenvalue weighted by molar-refractivity contribution is -0.274. The van der Waals surface area contributed by atoms with Crippen molar-refractivity contribution in [2.75, 3.05) is 0 Å². The maximum Gasteiger partial charge on any atom is 0.573 e. The molecule has 0 saturated heterocycles. The van der Waals surface area contributed by atoms with Gasteiger partial charge in [-0.1, -0.05) is 0 Å². The number of aromatic nitrogens is 4. The van der Waals surface area contributed by atoms with E-state index in [1.807, 2.05) is 6.07 Å². The minimum atomic E-state index is -4.78. The van der Waals surface area contributed by atoms with Crippen LogP contribution in [-0.4, -0.2) is 25.7 Å². The number of hydrogen-bond acceptors (Lipinski definition) is 3. The lowest BCUT2D eigenvalue weighted by Crippen LogP contribution is -2.21. The zero-order valence-corrected chi connectivity index (χ0v) is 14.9. The Morgan fingerprint density at radius 3 is 2.64 bits per heavy atom. The third-order valence-corrected chi connectivity index (χ3v) is 4.51. The molecule has 0 atom stereocenters. The molecule has 28 heavy (non-hydrogen) atoms. The van der Waals surface area contributed by atoms with Crippen molar-refractivity contribution in [1.82, 2.24) is 19.3 Å². The first-order valence-corrected chi connectivity index (χ1v) is 8.31. The van der Waals surface area contributed by atoms with Crippen molar-refractivity contribution in [2.24, 2.45) is 7.05 Å². The van der Waals surface area contributed by atoms with Crippen molar-refractivity contribution in [3.05, 3.63) is 65.0 Å². The van der Waals surface area contributed by atoms with Crippen molar-refractivity contribution in [3.63, 3.8) is 0 Å². The van der Waals surface area contributed by atoms with Crippen LogP contribution in [0.5, 0.6) is 5.75 Å². The van der Waals surface area contributed by atoms with E-state index in [9.17, 15) is 18.0 Å². The van der Waals surface area contributed by atoms with Crippen molar-refractivity contribution in [2.45, 2.75) is 13.3 Å². The summed E-state index contributed by atoms with van der Waals surface area (Å²) < 4.78 is 44.5. The van der Waals surface area contributed by atoms with Crippen molar-refractivity contribution in [1.29, 1.82) is 0 Å². The van der Waals surface area contributed by atoms with Gasteiger partial charge in [0.05, 0.1) is 11.9 Å². The average molecular weight is 388 g/mol. The second kappa shape index (κ2) is 6.29. The smallest absolute Gasteiger partial charge is 0.406 e. The SMILES string of the molecule is Cc1cc(OC(F)(F)F)ccc1-n1cc(-c2cn[nH]c2)c2ccn(C)c2c1=O. The number of pyridine rings is 1. The summed E-state index contributed by atoms with van der Waals surface area (Å²) in [6.07, 6.45) is 2.03. The van der Waals surface area contributed by atoms with Crippen LogP contribution < -0.4 is 10.3 Å².